The first kappa shape index (κ1) is 19.7. The summed E-state index contributed by atoms with van der Waals surface area (Å²) in [5, 5.41) is 0. The van der Waals surface area contributed by atoms with E-state index in [1.54, 1.807) is 7.11 Å². The lowest BCUT2D eigenvalue weighted by atomic mass is 10.1. The van der Waals surface area contributed by atoms with Gasteiger partial charge in [0, 0.05) is 45.0 Å². The number of carbonyl (C=O) groups is 1. The van der Waals surface area contributed by atoms with Gasteiger partial charge in [0.25, 0.3) is 0 Å². The predicted molar refractivity (Wildman–Crippen MR) is 113 cm³/mol. The molecule has 4 rings (SSSR count). The minimum absolute atomic E-state index is 0.0460. The van der Waals surface area contributed by atoms with Gasteiger partial charge in [-0.3, -0.25) is 9.69 Å². The molecule has 0 N–H and O–H groups in total. The van der Waals surface area contributed by atoms with Crippen molar-refractivity contribution < 1.29 is 14.3 Å². The molecule has 2 aromatic rings. The molecule has 2 aliphatic heterocycles. The maximum absolute atomic E-state index is 12.8. The first-order chi connectivity index (χ1) is 14.2. The molecule has 29 heavy (non-hydrogen) atoms. The minimum atomic E-state index is 0.0460. The van der Waals surface area contributed by atoms with Crippen molar-refractivity contribution in [2.24, 2.45) is 0 Å². The Morgan fingerprint density at radius 2 is 1.72 bits per heavy atom. The van der Waals surface area contributed by atoms with E-state index in [4.69, 9.17) is 9.47 Å². The van der Waals surface area contributed by atoms with Crippen LogP contribution in [0.25, 0.3) is 0 Å². The van der Waals surface area contributed by atoms with E-state index >= 15 is 0 Å². The molecule has 2 heterocycles. The molecule has 2 aromatic carbocycles. The van der Waals surface area contributed by atoms with Crippen LogP contribution in [0, 0.1) is 0 Å². The van der Waals surface area contributed by atoms with E-state index in [0.717, 1.165) is 45.0 Å². The molecule has 0 spiro atoms. The van der Waals surface area contributed by atoms with E-state index < -0.39 is 0 Å². The molecule has 0 saturated carbocycles. The van der Waals surface area contributed by atoms with Crippen molar-refractivity contribution in [2.45, 2.75) is 6.10 Å². The highest BCUT2D eigenvalue weighted by atomic mass is 16.5. The lowest BCUT2D eigenvalue weighted by Gasteiger charge is -2.38. The van der Waals surface area contributed by atoms with Crippen LogP contribution < -0.4 is 9.64 Å². The molecular formula is C23H29N3O3. The normalized spacial score (nSPS) is 20.5. The van der Waals surface area contributed by atoms with Crippen molar-refractivity contribution in [1.29, 1.82) is 0 Å². The highest BCUT2D eigenvalue weighted by molar-refractivity contribution is 5.78. The van der Waals surface area contributed by atoms with Crippen LogP contribution in [-0.4, -0.2) is 75.2 Å². The number of piperazine rings is 1. The molecule has 6 nitrogen and oxygen atoms in total. The van der Waals surface area contributed by atoms with Crippen LogP contribution in [-0.2, 0) is 9.53 Å². The average Bonchev–Trinajstić information content (AvgIpc) is 2.80. The second kappa shape index (κ2) is 9.29. The number of ether oxygens (including phenoxy) is 2. The van der Waals surface area contributed by atoms with Crippen molar-refractivity contribution in [3.05, 3.63) is 60.2 Å². The van der Waals surface area contributed by atoms with Gasteiger partial charge in [0.2, 0.25) is 5.91 Å². The summed E-state index contributed by atoms with van der Waals surface area (Å²) in [6.45, 7) is 5.94. The van der Waals surface area contributed by atoms with Gasteiger partial charge in [0.15, 0.2) is 0 Å². The number of rotatable bonds is 5. The third-order valence-corrected chi connectivity index (χ3v) is 5.75. The van der Waals surface area contributed by atoms with Crippen molar-refractivity contribution in [1.82, 2.24) is 9.80 Å². The van der Waals surface area contributed by atoms with E-state index in [0.29, 0.717) is 13.2 Å². The zero-order valence-corrected chi connectivity index (χ0v) is 17.0. The molecule has 0 bridgehead atoms. The topological polar surface area (TPSA) is 45.2 Å². The summed E-state index contributed by atoms with van der Waals surface area (Å²) >= 11 is 0. The van der Waals surface area contributed by atoms with E-state index in [-0.39, 0.29) is 12.0 Å². The van der Waals surface area contributed by atoms with Gasteiger partial charge in [0.1, 0.15) is 5.75 Å². The van der Waals surface area contributed by atoms with Gasteiger partial charge < -0.3 is 19.3 Å². The van der Waals surface area contributed by atoms with Crippen molar-refractivity contribution in [3.8, 4) is 5.75 Å². The number of amides is 1. The SMILES string of the molecule is COc1ccc(N2CCN(C(=O)CN3CCOC(c4ccccc4)C3)CC2)cc1. The van der Waals surface area contributed by atoms with E-state index in [1.807, 2.05) is 35.2 Å². The first-order valence-corrected chi connectivity index (χ1v) is 10.3. The maximum atomic E-state index is 12.8. The molecule has 154 valence electrons. The van der Waals surface area contributed by atoms with E-state index in [9.17, 15) is 4.79 Å². The Labute approximate surface area is 172 Å². The Morgan fingerprint density at radius 1 is 1.00 bits per heavy atom. The lowest BCUT2D eigenvalue weighted by molar-refractivity contribution is -0.134. The van der Waals surface area contributed by atoms with E-state index in [1.165, 1.54) is 11.3 Å². The van der Waals surface area contributed by atoms with Crippen LogP contribution >= 0.6 is 0 Å². The van der Waals surface area contributed by atoms with Crippen molar-refractivity contribution in [2.75, 3.05) is 64.4 Å². The molecule has 6 heteroatoms. The number of hydrogen-bond donors (Lipinski definition) is 0. The second-order valence-corrected chi connectivity index (χ2v) is 7.57. The Balaban J connectivity index is 1.27. The molecule has 2 saturated heterocycles. The van der Waals surface area contributed by atoms with Gasteiger partial charge in [-0.2, -0.15) is 0 Å². The minimum Gasteiger partial charge on any atom is -0.497 e. The molecule has 2 aliphatic rings. The summed E-state index contributed by atoms with van der Waals surface area (Å²) < 4.78 is 11.1. The predicted octanol–water partition coefficient (Wildman–Crippen LogP) is 2.42. The van der Waals surface area contributed by atoms with E-state index in [2.05, 4.69) is 34.1 Å². The van der Waals surface area contributed by atoms with Crippen LogP contribution in [0.5, 0.6) is 5.75 Å². The number of hydrogen-bond acceptors (Lipinski definition) is 5. The zero-order chi connectivity index (χ0) is 20.1. The Bertz CT molecular complexity index is 789. The van der Waals surface area contributed by atoms with Gasteiger partial charge in [-0.1, -0.05) is 30.3 Å². The zero-order valence-electron chi connectivity index (χ0n) is 17.0. The number of carbonyl (C=O) groups excluding carboxylic acids is 1. The number of morpholine rings is 1. The quantitative estimate of drug-likeness (QED) is 0.778. The highest BCUT2D eigenvalue weighted by Gasteiger charge is 2.27. The highest BCUT2D eigenvalue weighted by Crippen LogP contribution is 2.23. The number of nitrogens with zero attached hydrogens (tertiary/aromatic N) is 3. The third kappa shape index (κ3) is 4.89. The summed E-state index contributed by atoms with van der Waals surface area (Å²) in [6.07, 6.45) is 0.0460. The average molecular weight is 396 g/mol. The van der Waals surface area contributed by atoms with Crippen LogP contribution in [0.15, 0.2) is 54.6 Å². The van der Waals surface area contributed by atoms with Crippen LogP contribution in [0.2, 0.25) is 0 Å². The number of benzene rings is 2. The first-order valence-electron chi connectivity index (χ1n) is 10.3. The summed E-state index contributed by atoms with van der Waals surface area (Å²) in [4.78, 5) is 19.4. The van der Waals surface area contributed by atoms with Crippen LogP contribution in [0.4, 0.5) is 5.69 Å². The number of anilines is 1. The van der Waals surface area contributed by atoms with Crippen LogP contribution in [0.1, 0.15) is 11.7 Å². The van der Waals surface area contributed by atoms with Crippen LogP contribution in [0.3, 0.4) is 0 Å². The third-order valence-electron chi connectivity index (χ3n) is 5.75. The maximum Gasteiger partial charge on any atom is 0.236 e. The Hall–Kier alpha value is -2.57. The molecule has 0 radical (unpaired) electrons. The van der Waals surface area contributed by atoms with Gasteiger partial charge in [-0.15, -0.1) is 0 Å². The fourth-order valence-electron chi connectivity index (χ4n) is 4.01. The fraction of sp³-hybridized carbons (Fsp3) is 0.435. The molecule has 1 amide bonds. The summed E-state index contributed by atoms with van der Waals surface area (Å²) in [5.74, 6) is 1.08. The fourth-order valence-corrected chi connectivity index (χ4v) is 4.01. The molecule has 1 atom stereocenters. The molecule has 1 unspecified atom stereocenters. The smallest absolute Gasteiger partial charge is 0.236 e. The summed E-state index contributed by atoms with van der Waals surface area (Å²) in [5.41, 5.74) is 2.36. The molecule has 2 fully saturated rings. The lowest BCUT2D eigenvalue weighted by Crippen LogP contribution is -2.52. The molecule has 0 aromatic heterocycles. The standard InChI is InChI=1S/C23H29N3O3/c1-28-21-9-7-20(8-10-21)25-11-13-26(14-12-25)23(27)18-24-15-16-29-22(17-24)19-5-3-2-4-6-19/h2-10,22H,11-18H2,1H3. The van der Waals surface area contributed by atoms with Gasteiger partial charge in [-0.25, -0.2) is 0 Å². The van der Waals surface area contributed by atoms with Gasteiger partial charge in [-0.05, 0) is 29.8 Å². The van der Waals surface area contributed by atoms with Gasteiger partial charge in [0.05, 0.1) is 26.4 Å². The van der Waals surface area contributed by atoms with Gasteiger partial charge >= 0.3 is 0 Å². The molecule has 0 aliphatic carbocycles. The number of methoxy groups -OCH3 is 1. The second-order valence-electron chi connectivity index (χ2n) is 7.57. The van der Waals surface area contributed by atoms with Crippen molar-refractivity contribution >= 4 is 11.6 Å². The summed E-state index contributed by atoms with van der Waals surface area (Å²) in [6, 6.07) is 18.4. The monoisotopic (exact) mass is 395 g/mol. The Kier molecular flexibility index (Phi) is 6.32. The van der Waals surface area contributed by atoms with Crippen molar-refractivity contribution in [3.63, 3.8) is 0 Å². The summed E-state index contributed by atoms with van der Waals surface area (Å²) in [7, 11) is 1.68. The molecular weight excluding hydrogens is 366 g/mol. The largest absolute Gasteiger partial charge is 0.497 e. The Morgan fingerprint density at radius 3 is 2.41 bits per heavy atom.